The molecule has 2 amide bonds. The minimum Gasteiger partial charge on any atom is -0.336 e. The number of hydrogen-bond acceptors (Lipinski definition) is 4. The van der Waals surface area contributed by atoms with E-state index in [9.17, 15) is 22.4 Å². The zero-order valence-corrected chi connectivity index (χ0v) is 12.9. The quantitative estimate of drug-likeness (QED) is 0.880. The van der Waals surface area contributed by atoms with Crippen LogP contribution in [-0.4, -0.2) is 50.2 Å². The van der Waals surface area contributed by atoms with Gasteiger partial charge in [-0.1, -0.05) is 6.07 Å². The molecule has 1 aromatic carbocycles. The standard InChI is InChI=1S/C14H17FN2O4S/c1-17(14(19)10-5-6-22(20,21)9-10)8-13(18)16-12-4-2-3-11(15)7-12/h2-4,7,10H,5-6,8-9H2,1H3,(H,16,18)/t10-/m0/s1. The smallest absolute Gasteiger partial charge is 0.243 e. The number of nitrogens with zero attached hydrogens (tertiary/aromatic N) is 1. The highest BCUT2D eigenvalue weighted by Gasteiger charge is 2.34. The zero-order chi connectivity index (χ0) is 16.3. The topological polar surface area (TPSA) is 83.6 Å². The van der Waals surface area contributed by atoms with Crippen LogP contribution >= 0.6 is 0 Å². The van der Waals surface area contributed by atoms with E-state index in [1.165, 1.54) is 36.2 Å². The van der Waals surface area contributed by atoms with Crippen LogP contribution in [0.25, 0.3) is 0 Å². The van der Waals surface area contributed by atoms with Gasteiger partial charge in [0.05, 0.1) is 24.0 Å². The zero-order valence-electron chi connectivity index (χ0n) is 12.1. The van der Waals surface area contributed by atoms with Crippen LogP contribution in [0.1, 0.15) is 6.42 Å². The second-order valence-corrected chi connectivity index (χ2v) is 7.58. The summed E-state index contributed by atoms with van der Waals surface area (Å²) < 4.78 is 35.8. The molecule has 1 N–H and O–H groups in total. The Morgan fingerprint density at radius 1 is 1.41 bits per heavy atom. The number of likely N-dealkylation sites (N-methyl/N-ethyl adjacent to an activating group) is 1. The number of carbonyl (C=O) groups excluding carboxylic acids is 2. The summed E-state index contributed by atoms with van der Waals surface area (Å²) in [6, 6.07) is 5.42. The lowest BCUT2D eigenvalue weighted by atomic mass is 10.1. The maximum Gasteiger partial charge on any atom is 0.243 e. The predicted molar refractivity (Wildman–Crippen MR) is 79.4 cm³/mol. The van der Waals surface area contributed by atoms with Crippen LogP contribution in [-0.2, 0) is 19.4 Å². The van der Waals surface area contributed by atoms with Crippen LogP contribution in [0.2, 0.25) is 0 Å². The SMILES string of the molecule is CN(CC(=O)Nc1cccc(F)c1)C(=O)[C@H]1CCS(=O)(=O)C1. The second-order valence-electron chi connectivity index (χ2n) is 5.35. The predicted octanol–water partition coefficient (Wildman–Crippen LogP) is 0.657. The van der Waals surface area contributed by atoms with Crippen molar-refractivity contribution in [1.29, 1.82) is 0 Å². The summed E-state index contributed by atoms with van der Waals surface area (Å²) in [4.78, 5) is 25.1. The van der Waals surface area contributed by atoms with Crippen molar-refractivity contribution in [2.45, 2.75) is 6.42 Å². The number of carbonyl (C=O) groups is 2. The third kappa shape index (κ3) is 4.27. The molecule has 1 aliphatic heterocycles. The molecule has 1 aromatic rings. The molecule has 0 unspecified atom stereocenters. The van der Waals surface area contributed by atoms with Crippen molar-refractivity contribution >= 4 is 27.3 Å². The summed E-state index contributed by atoms with van der Waals surface area (Å²) in [6.07, 6.45) is 0.289. The van der Waals surface area contributed by atoms with E-state index in [2.05, 4.69) is 5.32 Å². The van der Waals surface area contributed by atoms with E-state index in [1.807, 2.05) is 0 Å². The first-order valence-corrected chi connectivity index (χ1v) is 8.60. The molecule has 1 fully saturated rings. The second kappa shape index (κ2) is 6.43. The van der Waals surface area contributed by atoms with Gasteiger partial charge in [0.25, 0.3) is 0 Å². The normalized spacial score (nSPS) is 19.6. The molecule has 120 valence electrons. The molecule has 2 rings (SSSR count). The molecule has 0 spiro atoms. The molecule has 1 saturated heterocycles. The van der Waals surface area contributed by atoms with Crippen molar-refractivity contribution in [1.82, 2.24) is 4.90 Å². The largest absolute Gasteiger partial charge is 0.336 e. The Bertz CT molecular complexity index is 690. The number of nitrogens with one attached hydrogen (secondary N) is 1. The summed E-state index contributed by atoms with van der Waals surface area (Å²) in [7, 11) is -1.70. The van der Waals surface area contributed by atoms with Gasteiger partial charge in [-0.3, -0.25) is 9.59 Å². The maximum absolute atomic E-state index is 13.0. The fraction of sp³-hybridized carbons (Fsp3) is 0.429. The summed E-state index contributed by atoms with van der Waals surface area (Å²) in [5.41, 5.74) is 0.300. The van der Waals surface area contributed by atoms with E-state index in [0.29, 0.717) is 5.69 Å². The molecule has 0 radical (unpaired) electrons. The van der Waals surface area contributed by atoms with Crippen LogP contribution in [0, 0.1) is 11.7 Å². The van der Waals surface area contributed by atoms with Crippen LogP contribution in [0.5, 0.6) is 0 Å². The molecular formula is C14H17FN2O4S. The molecule has 0 aliphatic carbocycles. The van der Waals surface area contributed by atoms with Crippen LogP contribution < -0.4 is 5.32 Å². The van der Waals surface area contributed by atoms with Crippen LogP contribution in [0.15, 0.2) is 24.3 Å². The molecule has 1 heterocycles. The molecule has 6 nitrogen and oxygen atoms in total. The Balaban J connectivity index is 1.90. The Hall–Kier alpha value is -1.96. The van der Waals surface area contributed by atoms with Crippen molar-refractivity contribution in [3.8, 4) is 0 Å². The number of sulfone groups is 1. The molecule has 0 aromatic heterocycles. The fourth-order valence-electron chi connectivity index (χ4n) is 2.36. The van der Waals surface area contributed by atoms with Gasteiger partial charge in [0.2, 0.25) is 11.8 Å². The molecule has 1 atom stereocenters. The molecule has 0 saturated carbocycles. The van der Waals surface area contributed by atoms with Gasteiger partial charge in [-0.05, 0) is 24.6 Å². The average Bonchev–Trinajstić information content (AvgIpc) is 2.78. The van der Waals surface area contributed by atoms with E-state index in [4.69, 9.17) is 0 Å². The fourth-order valence-corrected chi connectivity index (χ4v) is 4.09. The maximum atomic E-state index is 13.0. The number of benzene rings is 1. The van der Waals surface area contributed by atoms with Gasteiger partial charge >= 0.3 is 0 Å². The minimum atomic E-state index is -3.15. The van der Waals surface area contributed by atoms with Gasteiger partial charge < -0.3 is 10.2 Å². The van der Waals surface area contributed by atoms with E-state index in [0.717, 1.165) is 0 Å². The van der Waals surface area contributed by atoms with Gasteiger partial charge in [-0.2, -0.15) is 0 Å². The van der Waals surface area contributed by atoms with Gasteiger partial charge in [0, 0.05) is 12.7 Å². The highest BCUT2D eigenvalue weighted by Crippen LogP contribution is 2.20. The molecule has 1 aliphatic rings. The van der Waals surface area contributed by atoms with Gasteiger partial charge in [0.1, 0.15) is 5.82 Å². The summed E-state index contributed by atoms with van der Waals surface area (Å²) in [6.45, 7) is -0.216. The van der Waals surface area contributed by atoms with Crippen molar-refractivity contribution in [3.63, 3.8) is 0 Å². The number of rotatable bonds is 4. The summed E-state index contributed by atoms with van der Waals surface area (Å²) in [5.74, 6) is -2.05. The van der Waals surface area contributed by atoms with Gasteiger partial charge in [0.15, 0.2) is 9.84 Å². The third-order valence-corrected chi connectivity index (χ3v) is 5.21. The summed E-state index contributed by atoms with van der Waals surface area (Å²) in [5, 5.41) is 2.48. The lowest BCUT2D eigenvalue weighted by Gasteiger charge is -2.19. The highest BCUT2D eigenvalue weighted by molar-refractivity contribution is 7.91. The van der Waals surface area contributed by atoms with Crippen molar-refractivity contribution in [2.75, 3.05) is 30.4 Å². The first-order valence-electron chi connectivity index (χ1n) is 6.78. The first-order chi connectivity index (χ1) is 10.3. The van der Waals surface area contributed by atoms with E-state index < -0.39 is 27.5 Å². The number of amides is 2. The van der Waals surface area contributed by atoms with E-state index in [1.54, 1.807) is 0 Å². The van der Waals surface area contributed by atoms with Crippen LogP contribution in [0.4, 0.5) is 10.1 Å². The van der Waals surface area contributed by atoms with Gasteiger partial charge in [-0.25, -0.2) is 12.8 Å². The van der Waals surface area contributed by atoms with Crippen molar-refractivity contribution < 1.29 is 22.4 Å². The molecular weight excluding hydrogens is 311 g/mol. The average molecular weight is 328 g/mol. The number of hydrogen-bond donors (Lipinski definition) is 1. The van der Waals surface area contributed by atoms with Crippen LogP contribution in [0.3, 0.4) is 0 Å². The first kappa shape index (κ1) is 16.4. The van der Waals surface area contributed by atoms with E-state index >= 15 is 0 Å². The monoisotopic (exact) mass is 328 g/mol. The lowest BCUT2D eigenvalue weighted by molar-refractivity contribution is -0.136. The Morgan fingerprint density at radius 3 is 2.73 bits per heavy atom. The molecule has 8 heteroatoms. The third-order valence-electron chi connectivity index (χ3n) is 3.45. The molecule has 22 heavy (non-hydrogen) atoms. The highest BCUT2D eigenvalue weighted by atomic mass is 32.2. The minimum absolute atomic E-state index is 0.00668. The van der Waals surface area contributed by atoms with Gasteiger partial charge in [-0.15, -0.1) is 0 Å². The Kier molecular flexibility index (Phi) is 4.80. The Morgan fingerprint density at radius 2 is 2.14 bits per heavy atom. The van der Waals surface area contributed by atoms with Crippen molar-refractivity contribution in [3.05, 3.63) is 30.1 Å². The summed E-state index contributed by atoms with van der Waals surface area (Å²) >= 11 is 0. The number of halogens is 1. The molecule has 0 bridgehead atoms. The Labute approximate surface area is 128 Å². The lowest BCUT2D eigenvalue weighted by Crippen LogP contribution is -2.39. The van der Waals surface area contributed by atoms with E-state index in [-0.39, 0.29) is 30.4 Å². The van der Waals surface area contributed by atoms with Crippen molar-refractivity contribution in [2.24, 2.45) is 5.92 Å². The number of anilines is 1.